The number of ether oxygens (including phenoxy) is 1. The quantitative estimate of drug-likeness (QED) is 0.597. The lowest BCUT2D eigenvalue weighted by Crippen LogP contribution is -2.12. The van der Waals surface area contributed by atoms with Crippen LogP contribution < -0.4 is 4.74 Å². The van der Waals surface area contributed by atoms with Crippen LogP contribution in [-0.2, 0) is 20.5 Å². The molecular formula is C10H10BrF3O4S. The van der Waals surface area contributed by atoms with Gasteiger partial charge in [0.1, 0.15) is 19.0 Å². The average Bonchev–Trinajstić information content (AvgIpc) is 2.21. The van der Waals surface area contributed by atoms with Crippen LogP contribution in [0.1, 0.15) is 5.56 Å². The van der Waals surface area contributed by atoms with E-state index in [1.165, 1.54) is 6.07 Å². The van der Waals surface area contributed by atoms with Crippen molar-refractivity contribution in [2.45, 2.75) is 6.18 Å². The van der Waals surface area contributed by atoms with Gasteiger partial charge in [0.25, 0.3) is 10.1 Å². The molecule has 0 bridgehead atoms. The lowest BCUT2D eigenvalue weighted by atomic mass is 10.2. The molecule has 1 aromatic rings. The Morgan fingerprint density at radius 3 is 2.37 bits per heavy atom. The van der Waals surface area contributed by atoms with E-state index in [1.807, 2.05) is 0 Å². The zero-order valence-electron chi connectivity index (χ0n) is 9.70. The van der Waals surface area contributed by atoms with E-state index in [0.717, 1.165) is 18.4 Å². The van der Waals surface area contributed by atoms with Gasteiger partial charge in [-0.1, -0.05) is 15.9 Å². The molecule has 0 atom stereocenters. The summed E-state index contributed by atoms with van der Waals surface area (Å²) in [5.41, 5.74) is -0.860. The normalized spacial score (nSPS) is 12.5. The van der Waals surface area contributed by atoms with Gasteiger partial charge in [0, 0.05) is 4.47 Å². The van der Waals surface area contributed by atoms with Crippen molar-refractivity contribution in [1.29, 1.82) is 0 Å². The number of rotatable bonds is 5. The van der Waals surface area contributed by atoms with Gasteiger partial charge >= 0.3 is 6.18 Å². The third-order valence-electron chi connectivity index (χ3n) is 1.85. The van der Waals surface area contributed by atoms with Crippen molar-refractivity contribution in [3.8, 4) is 5.75 Å². The lowest BCUT2D eigenvalue weighted by molar-refractivity contribution is -0.137. The SMILES string of the molecule is CS(=O)(=O)OCCOc1cc(Br)cc(C(F)(F)F)c1. The van der Waals surface area contributed by atoms with E-state index in [4.69, 9.17) is 4.74 Å². The standard InChI is InChI=1S/C10H10BrF3O4S/c1-19(15,16)18-3-2-17-9-5-7(10(12,13)14)4-8(11)6-9/h4-6H,2-3H2,1H3. The molecule has 0 saturated carbocycles. The van der Waals surface area contributed by atoms with E-state index >= 15 is 0 Å². The predicted molar refractivity (Wildman–Crippen MR) is 65.4 cm³/mol. The van der Waals surface area contributed by atoms with Crippen LogP contribution in [0.2, 0.25) is 0 Å². The maximum atomic E-state index is 12.5. The molecule has 0 saturated heterocycles. The van der Waals surface area contributed by atoms with Gasteiger partial charge in [-0.2, -0.15) is 21.6 Å². The van der Waals surface area contributed by atoms with Crippen LogP contribution in [0.5, 0.6) is 5.75 Å². The largest absolute Gasteiger partial charge is 0.491 e. The number of hydrogen-bond donors (Lipinski definition) is 0. The van der Waals surface area contributed by atoms with Crippen molar-refractivity contribution in [3.05, 3.63) is 28.2 Å². The minimum Gasteiger partial charge on any atom is -0.491 e. The molecule has 1 aromatic carbocycles. The van der Waals surface area contributed by atoms with Gasteiger partial charge in [0.15, 0.2) is 0 Å². The van der Waals surface area contributed by atoms with Crippen LogP contribution in [-0.4, -0.2) is 27.9 Å². The van der Waals surface area contributed by atoms with Crippen molar-refractivity contribution in [2.24, 2.45) is 0 Å². The van der Waals surface area contributed by atoms with Gasteiger partial charge < -0.3 is 4.74 Å². The van der Waals surface area contributed by atoms with Crippen LogP contribution >= 0.6 is 15.9 Å². The molecule has 0 unspecified atom stereocenters. The molecule has 0 radical (unpaired) electrons. The van der Waals surface area contributed by atoms with Crippen LogP contribution in [0.3, 0.4) is 0 Å². The second-order valence-electron chi connectivity index (χ2n) is 3.55. The molecule has 19 heavy (non-hydrogen) atoms. The Hall–Kier alpha value is -0.800. The number of hydrogen-bond acceptors (Lipinski definition) is 4. The van der Waals surface area contributed by atoms with E-state index < -0.39 is 21.9 Å². The van der Waals surface area contributed by atoms with E-state index in [0.29, 0.717) is 0 Å². The maximum Gasteiger partial charge on any atom is 0.416 e. The predicted octanol–water partition coefficient (Wildman–Crippen LogP) is 2.82. The van der Waals surface area contributed by atoms with Crippen LogP contribution in [0, 0.1) is 0 Å². The lowest BCUT2D eigenvalue weighted by Gasteiger charge is -2.11. The first-order valence-corrected chi connectivity index (χ1v) is 7.54. The summed E-state index contributed by atoms with van der Waals surface area (Å²) in [7, 11) is -3.59. The van der Waals surface area contributed by atoms with Crippen molar-refractivity contribution in [1.82, 2.24) is 0 Å². The molecule has 0 aliphatic heterocycles. The molecule has 9 heteroatoms. The second kappa shape index (κ2) is 6.10. The fourth-order valence-corrected chi connectivity index (χ4v) is 2.00. The molecule has 0 aromatic heterocycles. The molecule has 0 N–H and O–H groups in total. The molecule has 4 nitrogen and oxygen atoms in total. The zero-order chi connectivity index (χ0) is 14.7. The number of alkyl halides is 3. The topological polar surface area (TPSA) is 52.6 Å². The fourth-order valence-electron chi connectivity index (χ4n) is 1.15. The van der Waals surface area contributed by atoms with Crippen LogP contribution in [0.15, 0.2) is 22.7 Å². The molecule has 1 rings (SSSR count). The summed E-state index contributed by atoms with van der Waals surface area (Å²) in [6.07, 6.45) is -3.61. The number of halogens is 4. The highest BCUT2D eigenvalue weighted by Gasteiger charge is 2.31. The Morgan fingerprint density at radius 2 is 1.84 bits per heavy atom. The van der Waals surface area contributed by atoms with Gasteiger partial charge in [-0.05, 0) is 18.2 Å². The summed E-state index contributed by atoms with van der Waals surface area (Å²) >= 11 is 2.94. The van der Waals surface area contributed by atoms with E-state index in [2.05, 4.69) is 20.1 Å². The average molecular weight is 363 g/mol. The summed E-state index contributed by atoms with van der Waals surface area (Å²) in [5.74, 6) is -0.0289. The minimum atomic E-state index is -4.48. The molecular weight excluding hydrogens is 353 g/mol. The van der Waals surface area contributed by atoms with Crippen molar-refractivity contribution < 1.29 is 30.5 Å². The summed E-state index contributed by atoms with van der Waals surface area (Å²) in [6.45, 7) is -0.451. The molecule has 0 heterocycles. The highest BCUT2D eigenvalue weighted by molar-refractivity contribution is 9.10. The molecule has 0 amide bonds. The van der Waals surface area contributed by atoms with Crippen molar-refractivity contribution in [3.63, 3.8) is 0 Å². The van der Waals surface area contributed by atoms with Gasteiger partial charge in [0.05, 0.1) is 11.8 Å². The Kier molecular flexibility index (Phi) is 5.22. The van der Waals surface area contributed by atoms with E-state index in [1.54, 1.807) is 0 Å². The third-order valence-corrected chi connectivity index (χ3v) is 2.90. The fraction of sp³-hybridized carbons (Fsp3) is 0.400. The molecule has 0 spiro atoms. The molecule has 0 aliphatic rings. The van der Waals surface area contributed by atoms with Gasteiger partial charge in [-0.3, -0.25) is 4.18 Å². The Labute approximate surface area is 116 Å². The molecule has 0 aliphatic carbocycles. The first kappa shape index (κ1) is 16.3. The summed E-state index contributed by atoms with van der Waals surface area (Å²) in [4.78, 5) is 0. The zero-order valence-corrected chi connectivity index (χ0v) is 12.1. The Balaban J connectivity index is 2.67. The third kappa shape index (κ3) is 6.26. The molecule has 108 valence electrons. The van der Waals surface area contributed by atoms with Gasteiger partial charge in [0.2, 0.25) is 0 Å². The Morgan fingerprint density at radius 1 is 1.21 bits per heavy atom. The Bertz CT molecular complexity index is 542. The van der Waals surface area contributed by atoms with Crippen molar-refractivity contribution >= 4 is 26.0 Å². The molecule has 0 fully saturated rings. The van der Waals surface area contributed by atoms with Gasteiger partial charge in [-0.25, -0.2) is 0 Å². The summed E-state index contributed by atoms with van der Waals surface area (Å²) in [6, 6.07) is 3.08. The van der Waals surface area contributed by atoms with Crippen molar-refractivity contribution in [2.75, 3.05) is 19.5 Å². The highest BCUT2D eigenvalue weighted by Crippen LogP contribution is 2.34. The first-order chi connectivity index (χ1) is 8.58. The van der Waals surface area contributed by atoms with E-state index in [-0.39, 0.29) is 23.4 Å². The van der Waals surface area contributed by atoms with E-state index in [9.17, 15) is 21.6 Å². The highest BCUT2D eigenvalue weighted by atomic mass is 79.9. The number of benzene rings is 1. The monoisotopic (exact) mass is 362 g/mol. The minimum absolute atomic E-state index is 0.0289. The summed E-state index contributed by atoms with van der Waals surface area (Å²) < 4.78 is 68.4. The first-order valence-electron chi connectivity index (χ1n) is 4.93. The maximum absolute atomic E-state index is 12.5. The van der Waals surface area contributed by atoms with Crippen LogP contribution in [0.4, 0.5) is 13.2 Å². The van der Waals surface area contributed by atoms with Gasteiger partial charge in [-0.15, -0.1) is 0 Å². The van der Waals surface area contributed by atoms with Crippen LogP contribution in [0.25, 0.3) is 0 Å². The smallest absolute Gasteiger partial charge is 0.416 e. The summed E-state index contributed by atoms with van der Waals surface area (Å²) in [5, 5.41) is 0. The second-order valence-corrected chi connectivity index (χ2v) is 6.11.